The molecule has 3 heterocycles. The van der Waals surface area contributed by atoms with E-state index in [1.54, 1.807) is 5.48 Å². The van der Waals surface area contributed by atoms with Crippen LogP contribution >= 0.6 is 11.3 Å². The Balaban J connectivity index is 1.79. The number of unbranched alkanes of at least 4 members (excludes halogenated alkanes) is 2. The maximum atomic E-state index is 13.7. The summed E-state index contributed by atoms with van der Waals surface area (Å²) >= 11 is 1.92. The second kappa shape index (κ2) is 12.1. The van der Waals surface area contributed by atoms with Crippen LogP contribution in [-0.2, 0) is 32.4 Å². The molecule has 2 saturated heterocycles. The van der Waals surface area contributed by atoms with Crippen LogP contribution in [0, 0.1) is 0 Å². The zero-order valence-electron chi connectivity index (χ0n) is 20.1. The Kier molecular flexibility index (Phi) is 9.76. The summed E-state index contributed by atoms with van der Waals surface area (Å²) < 4.78 is 32.7. The molecule has 2 fully saturated rings. The summed E-state index contributed by atoms with van der Waals surface area (Å²) in [6.45, 7) is 5.63. The molecule has 0 bridgehead atoms. The predicted molar refractivity (Wildman–Crippen MR) is 131 cm³/mol. The summed E-state index contributed by atoms with van der Waals surface area (Å²) in [5.74, 6) is -0.493. The van der Waals surface area contributed by atoms with E-state index in [0.717, 1.165) is 38.5 Å². The molecule has 2 aliphatic rings. The molecular formula is C24H40N2O5S2. The zero-order valence-corrected chi connectivity index (χ0v) is 21.7. The molecule has 0 aromatic carbocycles. The molecule has 188 valence electrons. The number of hydrogen-bond donors (Lipinski definition) is 2. The van der Waals surface area contributed by atoms with Gasteiger partial charge in [0.25, 0.3) is 5.91 Å². The van der Waals surface area contributed by atoms with E-state index in [0.29, 0.717) is 19.0 Å². The predicted octanol–water partition coefficient (Wildman–Crippen LogP) is 4.39. The molecule has 0 radical (unpaired) electrons. The Morgan fingerprint density at radius 1 is 1.21 bits per heavy atom. The highest BCUT2D eigenvalue weighted by Crippen LogP contribution is 2.39. The van der Waals surface area contributed by atoms with E-state index >= 15 is 0 Å². The maximum Gasteiger partial charge on any atom is 0.266 e. The van der Waals surface area contributed by atoms with Gasteiger partial charge in [0.05, 0.1) is 0 Å². The first-order valence-electron chi connectivity index (χ1n) is 12.5. The number of nitrogens with zero attached hydrogens (tertiary/aromatic N) is 1. The Morgan fingerprint density at radius 2 is 1.97 bits per heavy atom. The van der Waals surface area contributed by atoms with Crippen molar-refractivity contribution in [2.75, 3.05) is 26.3 Å². The van der Waals surface area contributed by atoms with Crippen molar-refractivity contribution in [3.63, 3.8) is 0 Å². The number of rotatable bonds is 9. The number of aryl methyl sites for hydroxylation is 2. The lowest BCUT2D eigenvalue weighted by Gasteiger charge is -2.39. The van der Waals surface area contributed by atoms with Gasteiger partial charge in [-0.05, 0) is 56.1 Å². The largest absolute Gasteiger partial charge is 0.381 e. The van der Waals surface area contributed by atoms with Crippen LogP contribution in [0.4, 0.5) is 0 Å². The molecule has 1 aromatic rings. The molecule has 1 atom stereocenters. The van der Waals surface area contributed by atoms with Gasteiger partial charge in [0.15, 0.2) is 4.75 Å². The van der Waals surface area contributed by atoms with Crippen molar-refractivity contribution in [3.8, 4) is 0 Å². The molecule has 0 aliphatic carbocycles. The lowest BCUT2D eigenvalue weighted by molar-refractivity contribution is -0.134. The van der Waals surface area contributed by atoms with Crippen LogP contribution in [0.25, 0.3) is 0 Å². The smallest absolute Gasteiger partial charge is 0.266 e. The van der Waals surface area contributed by atoms with E-state index in [2.05, 4.69) is 19.9 Å². The third-order valence-corrected chi connectivity index (χ3v) is 11.3. The summed E-state index contributed by atoms with van der Waals surface area (Å²) in [6, 6.07) is 2.37. The standard InChI is InChI=1S/C24H40N2O5S2/c1-3-5-6-10-21-18-19(4-2)22(32-21)20-9-7-8-14-26(15-11-20)33(29,30)24(23(27)25-28)12-16-31-17-13-24/h18,20,28H,3-17H2,1-2H3,(H,25,27). The Bertz CT molecular complexity index is 877. The fraction of sp³-hybridized carbons (Fsp3) is 0.792. The molecule has 9 heteroatoms. The molecule has 3 rings (SSSR count). The Hall–Kier alpha value is -1.00. The van der Waals surface area contributed by atoms with Crippen molar-refractivity contribution in [2.24, 2.45) is 0 Å². The normalized spacial score (nSPS) is 22.5. The topological polar surface area (TPSA) is 95.9 Å². The number of nitrogens with one attached hydrogen (secondary N) is 1. The highest BCUT2D eigenvalue weighted by Gasteiger charge is 2.54. The monoisotopic (exact) mass is 500 g/mol. The zero-order chi connectivity index (χ0) is 23.9. The molecule has 33 heavy (non-hydrogen) atoms. The highest BCUT2D eigenvalue weighted by molar-refractivity contribution is 7.91. The number of carbonyl (C=O) groups is 1. The number of sulfonamides is 1. The first-order valence-corrected chi connectivity index (χ1v) is 14.8. The van der Waals surface area contributed by atoms with Gasteiger partial charge in [0.2, 0.25) is 10.0 Å². The second-order valence-corrected chi connectivity index (χ2v) is 12.8. The van der Waals surface area contributed by atoms with Crippen LogP contribution in [0.3, 0.4) is 0 Å². The number of thiophene rings is 1. The first kappa shape index (κ1) is 26.6. The maximum absolute atomic E-state index is 13.7. The van der Waals surface area contributed by atoms with Gasteiger partial charge < -0.3 is 4.74 Å². The molecule has 2 aliphatic heterocycles. The average molecular weight is 501 g/mol. The third-order valence-electron chi connectivity index (χ3n) is 7.26. The van der Waals surface area contributed by atoms with Gasteiger partial charge >= 0.3 is 0 Å². The molecule has 7 nitrogen and oxygen atoms in total. The van der Waals surface area contributed by atoms with E-state index < -0.39 is 20.7 Å². The first-order chi connectivity index (χ1) is 15.9. The lowest BCUT2D eigenvalue weighted by Crippen LogP contribution is -2.59. The van der Waals surface area contributed by atoms with Gasteiger partial charge in [-0.25, -0.2) is 18.2 Å². The van der Waals surface area contributed by atoms with Crippen LogP contribution in [0.2, 0.25) is 0 Å². The molecule has 1 amide bonds. The molecule has 2 N–H and O–H groups in total. The second-order valence-electron chi connectivity index (χ2n) is 9.35. The minimum Gasteiger partial charge on any atom is -0.381 e. The Morgan fingerprint density at radius 3 is 2.64 bits per heavy atom. The van der Waals surface area contributed by atoms with E-state index in [-0.39, 0.29) is 26.1 Å². The molecular weight excluding hydrogens is 460 g/mol. The summed E-state index contributed by atoms with van der Waals surface area (Å²) in [4.78, 5) is 15.5. The van der Waals surface area contributed by atoms with E-state index in [4.69, 9.17) is 4.74 Å². The van der Waals surface area contributed by atoms with E-state index in [1.807, 2.05) is 11.3 Å². The fourth-order valence-corrected chi connectivity index (χ4v) is 8.82. The van der Waals surface area contributed by atoms with E-state index in [1.165, 1.54) is 38.9 Å². The van der Waals surface area contributed by atoms with Crippen molar-refractivity contribution in [3.05, 3.63) is 21.4 Å². The van der Waals surface area contributed by atoms with Crippen molar-refractivity contribution >= 4 is 27.3 Å². The average Bonchev–Trinajstić information content (AvgIpc) is 3.22. The van der Waals surface area contributed by atoms with Gasteiger partial charge in [-0.15, -0.1) is 11.3 Å². The summed E-state index contributed by atoms with van der Waals surface area (Å²) in [5.41, 5.74) is 3.03. The number of hydroxylamine groups is 1. The van der Waals surface area contributed by atoms with Crippen LogP contribution in [0.15, 0.2) is 6.07 Å². The van der Waals surface area contributed by atoms with Gasteiger partial charge in [-0.3, -0.25) is 10.0 Å². The summed E-state index contributed by atoms with van der Waals surface area (Å²) in [6.07, 6.45) is 9.51. The minimum absolute atomic E-state index is 0.0632. The minimum atomic E-state index is -3.94. The number of carbonyl (C=O) groups excluding carboxylic acids is 1. The van der Waals surface area contributed by atoms with Gasteiger partial charge in [0, 0.05) is 48.9 Å². The van der Waals surface area contributed by atoms with Crippen LogP contribution in [0.1, 0.15) is 92.9 Å². The van der Waals surface area contributed by atoms with Gasteiger partial charge in [-0.1, -0.05) is 33.1 Å². The third kappa shape index (κ3) is 5.81. The van der Waals surface area contributed by atoms with Crippen molar-refractivity contribution in [1.29, 1.82) is 0 Å². The molecule has 0 saturated carbocycles. The van der Waals surface area contributed by atoms with Crippen LogP contribution in [-0.4, -0.2) is 54.9 Å². The van der Waals surface area contributed by atoms with Crippen molar-refractivity contribution in [1.82, 2.24) is 9.79 Å². The fourth-order valence-electron chi connectivity index (χ4n) is 5.19. The highest BCUT2D eigenvalue weighted by atomic mass is 32.2. The van der Waals surface area contributed by atoms with Crippen LogP contribution < -0.4 is 5.48 Å². The van der Waals surface area contributed by atoms with Gasteiger partial charge in [-0.2, -0.15) is 0 Å². The van der Waals surface area contributed by atoms with Crippen molar-refractivity contribution in [2.45, 2.75) is 95.1 Å². The summed E-state index contributed by atoms with van der Waals surface area (Å²) in [7, 11) is -3.94. The lowest BCUT2D eigenvalue weighted by atomic mass is 9.92. The number of amides is 1. The molecule has 1 aromatic heterocycles. The Labute approximate surface area is 202 Å². The summed E-state index contributed by atoms with van der Waals surface area (Å²) in [5, 5.41) is 9.32. The SMILES string of the molecule is CCCCCc1cc(CC)c(C2CCCCN(S(=O)(=O)C3(C(=O)NO)CCOCC3)CC2)s1. The molecule has 0 spiro atoms. The van der Waals surface area contributed by atoms with Crippen LogP contribution in [0.5, 0.6) is 0 Å². The van der Waals surface area contributed by atoms with Gasteiger partial charge in [0.1, 0.15) is 0 Å². The number of ether oxygens (including phenoxy) is 1. The van der Waals surface area contributed by atoms with Crippen molar-refractivity contribution < 1.29 is 23.2 Å². The van der Waals surface area contributed by atoms with E-state index in [9.17, 15) is 18.4 Å². The quantitative estimate of drug-likeness (QED) is 0.298. The number of hydrogen-bond acceptors (Lipinski definition) is 6. The molecule has 1 unspecified atom stereocenters.